The maximum Gasteiger partial charge on any atom is 0.337 e. The summed E-state index contributed by atoms with van der Waals surface area (Å²) in [4.78, 5) is 35.8. The van der Waals surface area contributed by atoms with Gasteiger partial charge in [0.25, 0.3) is 5.91 Å². The second-order valence-electron chi connectivity index (χ2n) is 6.95. The summed E-state index contributed by atoms with van der Waals surface area (Å²) in [5.74, 6) is -2.04. The quantitative estimate of drug-likeness (QED) is 0.758. The Morgan fingerprint density at radius 1 is 1.24 bits per heavy atom. The number of nitrogens with one attached hydrogen (secondary N) is 1. The summed E-state index contributed by atoms with van der Waals surface area (Å²) >= 11 is 0. The molecule has 1 aromatic heterocycles. The van der Waals surface area contributed by atoms with E-state index in [4.69, 9.17) is 4.74 Å². The van der Waals surface area contributed by atoms with Gasteiger partial charge in [-0.05, 0) is 45.6 Å². The number of Topliss-reactive ketones (excluding diaryl/α,β-unsaturated/α-hetero) is 1. The molecule has 0 atom stereocenters. The van der Waals surface area contributed by atoms with Gasteiger partial charge in [0.15, 0.2) is 0 Å². The zero-order valence-electron chi connectivity index (χ0n) is 15.3. The summed E-state index contributed by atoms with van der Waals surface area (Å²) in [5.41, 5.74) is 1.93. The van der Waals surface area contributed by atoms with Crippen molar-refractivity contribution in [3.05, 3.63) is 22.5 Å². The van der Waals surface area contributed by atoms with E-state index in [2.05, 4.69) is 5.32 Å². The van der Waals surface area contributed by atoms with Crippen LogP contribution in [0.3, 0.4) is 0 Å². The summed E-state index contributed by atoms with van der Waals surface area (Å²) in [6.07, 6.45) is 1.76. The van der Waals surface area contributed by atoms with Crippen molar-refractivity contribution >= 4 is 17.7 Å². The van der Waals surface area contributed by atoms with Crippen LogP contribution < -0.4 is 5.32 Å². The third-order valence-corrected chi connectivity index (χ3v) is 5.15. The molecule has 0 bridgehead atoms. The molecule has 1 aliphatic rings. The van der Waals surface area contributed by atoms with Crippen LogP contribution >= 0.6 is 0 Å². The Bertz CT molecular complexity index is 699. The van der Waals surface area contributed by atoms with Crippen LogP contribution in [0.4, 0.5) is 0 Å². The first-order valence-electron chi connectivity index (χ1n) is 8.47. The minimum Gasteiger partial charge on any atom is -0.478 e. The number of aromatic nitrogens is 1. The van der Waals surface area contributed by atoms with Crippen LogP contribution in [0, 0.1) is 13.8 Å². The van der Waals surface area contributed by atoms with Crippen molar-refractivity contribution in [1.82, 2.24) is 9.88 Å². The van der Waals surface area contributed by atoms with Gasteiger partial charge in [0.2, 0.25) is 5.78 Å². The van der Waals surface area contributed by atoms with Crippen LogP contribution in [-0.2, 0) is 27.8 Å². The van der Waals surface area contributed by atoms with Crippen LogP contribution in [0.1, 0.15) is 53.5 Å². The van der Waals surface area contributed by atoms with Gasteiger partial charge in [-0.15, -0.1) is 0 Å². The Labute approximate surface area is 147 Å². The molecule has 1 aromatic rings. The van der Waals surface area contributed by atoms with Gasteiger partial charge in [-0.1, -0.05) is 0 Å². The number of nitrogens with zero attached hydrogens (tertiary/aromatic N) is 1. The lowest BCUT2D eigenvalue weighted by molar-refractivity contribution is -0.139. The molecule has 0 saturated carbocycles. The average molecular weight is 350 g/mol. The first kappa shape index (κ1) is 19.2. The van der Waals surface area contributed by atoms with Crippen LogP contribution in [0.25, 0.3) is 0 Å². The Morgan fingerprint density at radius 2 is 1.84 bits per heavy atom. The highest BCUT2D eigenvalue weighted by atomic mass is 16.5. The van der Waals surface area contributed by atoms with Crippen LogP contribution in [0.15, 0.2) is 0 Å². The molecule has 2 heterocycles. The number of aromatic carboxylic acids is 1. The Hall–Kier alpha value is -2.15. The van der Waals surface area contributed by atoms with Crippen LogP contribution in [0.2, 0.25) is 0 Å². The van der Waals surface area contributed by atoms with Crippen molar-refractivity contribution in [2.24, 2.45) is 7.05 Å². The number of carbonyl (C=O) groups is 3. The number of ether oxygens (including phenoxy) is 1. The van der Waals surface area contributed by atoms with E-state index in [1.807, 2.05) is 6.92 Å². The number of ketones is 1. The first-order valence-corrected chi connectivity index (χ1v) is 8.47. The van der Waals surface area contributed by atoms with Crippen LogP contribution in [-0.4, -0.2) is 46.1 Å². The molecule has 1 saturated heterocycles. The van der Waals surface area contributed by atoms with E-state index in [0.717, 1.165) is 5.69 Å². The summed E-state index contributed by atoms with van der Waals surface area (Å²) in [6, 6.07) is 0. The number of carbonyl (C=O) groups excluding carboxylic acids is 2. The van der Waals surface area contributed by atoms with Gasteiger partial charge in [0.05, 0.1) is 5.56 Å². The predicted octanol–water partition coefficient (Wildman–Crippen LogP) is 1.53. The number of rotatable bonds is 6. The lowest BCUT2D eigenvalue weighted by Crippen LogP contribution is -2.51. The highest BCUT2D eigenvalue weighted by Crippen LogP contribution is 2.23. The molecule has 1 aliphatic heterocycles. The number of carboxylic acid groups (broad SMARTS) is 1. The topological polar surface area (TPSA) is 97.6 Å². The van der Waals surface area contributed by atoms with E-state index in [9.17, 15) is 19.5 Å². The van der Waals surface area contributed by atoms with Crippen molar-refractivity contribution < 1.29 is 24.2 Å². The van der Waals surface area contributed by atoms with E-state index in [1.165, 1.54) is 0 Å². The average Bonchev–Trinajstić information content (AvgIpc) is 2.75. The van der Waals surface area contributed by atoms with Gasteiger partial charge in [0, 0.05) is 43.6 Å². The van der Waals surface area contributed by atoms with Crippen molar-refractivity contribution in [3.63, 3.8) is 0 Å². The zero-order chi connectivity index (χ0) is 18.8. The molecule has 2 rings (SSSR count). The Balaban J connectivity index is 2.01. The summed E-state index contributed by atoms with van der Waals surface area (Å²) in [5, 5.41) is 12.1. The molecule has 2 N–H and O–H groups in total. The summed E-state index contributed by atoms with van der Waals surface area (Å²) in [7, 11) is 1.78. The number of hydrogen-bond acceptors (Lipinski definition) is 4. The van der Waals surface area contributed by atoms with Crippen molar-refractivity contribution in [1.29, 1.82) is 0 Å². The van der Waals surface area contributed by atoms with Crippen LogP contribution in [0.5, 0.6) is 0 Å². The van der Waals surface area contributed by atoms with Gasteiger partial charge >= 0.3 is 5.97 Å². The zero-order valence-corrected chi connectivity index (χ0v) is 15.3. The van der Waals surface area contributed by atoms with Gasteiger partial charge in [-0.3, -0.25) is 9.59 Å². The molecule has 0 unspecified atom stereocenters. The van der Waals surface area contributed by atoms with Crippen molar-refractivity contribution in [2.45, 2.75) is 52.0 Å². The molecule has 7 heteroatoms. The van der Waals surface area contributed by atoms with Gasteiger partial charge in [-0.25, -0.2) is 4.79 Å². The molecule has 0 spiro atoms. The second-order valence-corrected chi connectivity index (χ2v) is 6.95. The fourth-order valence-corrected chi connectivity index (χ4v) is 3.34. The highest BCUT2D eigenvalue weighted by molar-refractivity contribution is 6.36. The third kappa shape index (κ3) is 4.10. The molecular formula is C18H26N2O5. The SMILES string of the molecule is Cc1c(C(=O)O)c(C)n(C)c1CCC(=O)C(=O)NC1(C)CCOCC1. The number of hydrogen-bond donors (Lipinski definition) is 2. The second kappa shape index (κ2) is 7.39. The van der Waals surface area contributed by atoms with E-state index >= 15 is 0 Å². The highest BCUT2D eigenvalue weighted by Gasteiger charge is 2.31. The molecular weight excluding hydrogens is 324 g/mol. The van der Waals surface area contributed by atoms with Crippen molar-refractivity contribution in [3.8, 4) is 0 Å². The normalized spacial score (nSPS) is 16.5. The number of amides is 1. The Kier molecular flexibility index (Phi) is 5.67. The molecule has 1 amide bonds. The molecule has 1 fully saturated rings. The van der Waals surface area contributed by atoms with E-state index in [-0.39, 0.29) is 12.0 Å². The van der Waals surface area contributed by atoms with Gasteiger partial charge in [0.1, 0.15) is 0 Å². The molecule has 7 nitrogen and oxygen atoms in total. The smallest absolute Gasteiger partial charge is 0.337 e. The molecule has 138 valence electrons. The molecule has 0 radical (unpaired) electrons. The van der Waals surface area contributed by atoms with Gasteiger partial charge in [-0.2, -0.15) is 0 Å². The monoisotopic (exact) mass is 350 g/mol. The molecule has 0 aliphatic carbocycles. The lowest BCUT2D eigenvalue weighted by Gasteiger charge is -2.34. The fraction of sp³-hybridized carbons (Fsp3) is 0.611. The molecule has 25 heavy (non-hydrogen) atoms. The molecule has 0 aromatic carbocycles. The van der Waals surface area contributed by atoms with E-state index in [1.54, 1.807) is 25.5 Å². The third-order valence-electron chi connectivity index (χ3n) is 5.15. The maximum absolute atomic E-state index is 12.2. The van der Waals surface area contributed by atoms with E-state index in [0.29, 0.717) is 43.7 Å². The van der Waals surface area contributed by atoms with Gasteiger partial charge < -0.3 is 19.7 Å². The Morgan fingerprint density at radius 3 is 2.36 bits per heavy atom. The standard InChI is InChI=1S/C18H26N2O5/c1-11-13(20(4)12(2)15(11)17(23)24)5-6-14(21)16(22)19-18(3)7-9-25-10-8-18/h5-10H2,1-4H3,(H,19,22)(H,23,24). The first-order chi connectivity index (χ1) is 11.7. The minimum absolute atomic E-state index is 0.0512. The van der Waals surface area contributed by atoms with Crippen molar-refractivity contribution in [2.75, 3.05) is 13.2 Å². The lowest BCUT2D eigenvalue weighted by atomic mass is 9.92. The maximum atomic E-state index is 12.2. The predicted molar refractivity (Wildman–Crippen MR) is 91.8 cm³/mol. The number of carboxylic acids is 1. The largest absolute Gasteiger partial charge is 0.478 e. The fourth-order valence-electron chi connectivity index (χ4n) is 3.34. The summed E-state index contributed by atoms with van der Waals surface area (Å²) in [6.45, 7) is 6.54. The minimum atomic E-state index is -0.978. The van der Waals surface area contributed by atoms with E-state index < -0.39 is 23.2 Å². The summed E-state index contributed by atoms with van der Waals surface area (Å²) < 4.78 is 7.07.